The summed E-state index contributed by atoms with van der Waals surface area (Å²) < 4.78 is 5.94. The van der Waals surface area contributed by atoms with Crippen molar-refractivity contribution < 1.29 is 19.1 Å². The minimum Gasteiger partial charge on any atom is -0.458 e. The zero-order valence-electron chi connectivity index (χ0n) is 18.8. The van der Waals surface area contributed by atoms with Crippen molar-refractivity contribution in [2.24, 2.45) is 41.4 Å². The van der Waals surface area contributed by atoms with Gasteiger partial charge in [-0.25, -0.2) is 4.79 Å². The number of hydrogen-bond acceptors (Lipinski definition) is 4. The second-order valence-electron chi connectivity index (χ2n) is 10.7. The van der Waals surface area contributed by atoms with Crippen molar-refractivity contribution in [2.45, 2.75) is 65.4 Å². The predicted octanol–water partition coefficient (Wildman–Crippen LogP) is 4.84. The molecule has 0 unspecified atom stereocenters. The van der Waals surface area contributed by atoms with E-state index in [4.69, 9.17) is 4.74 Å². The summed E-state index contributed by atoms with van der Waals surface area (Å²) in [6.07, 6.45) is 6.32. The van der Waals surface area contributed by atoms with Gasteiger partial charge < -0.3 is 4.74 Å². The van der Waals surface area contributed by atoms with Crippen LogP contribution in [-0.2, 0) is 14.3 Å². The summed E-state index contributed by atoms with van der Waals surface area (Å²) >= 11 is 0. The fraction of sp³-hybridized carbons (Fsp3) is 0.654. The number of carbonyl (C=O) groups excluding carboxylic acids is 3. The molecule has 0 spiro atoms. The molecule has 0 N–H and O–H groups in total. The van der Waals surface area contributed by atoms with E-state index in [0.29, 0.717) is 40.8 Å². The molecule has 4 fully saturated rings. The molecule has 0 radical (unpaired) electrons. The summed E-state index contributed by atoms with van der Waals surface area (Å²) in [4.78, 5) is 40.2. The third-order valence-corrected chi connectivity index (χ3v) is 8.51. The van der Waals surface area contributed by atoms with E-state index in [2.05, 4.69) is 20.8 Å². The number of imide groups is 1. The first-order valence-electron chi connectivity index (χ1n) is 12.0. The van der Waals surface area contributed by atoms with Crippen molar-refractivity contribution in [3.63, 3.8) is 0 Å². The van der Waals surface area contributed by atoms with Crippen LogP contribution in [0, 0.1) is 41.4 Å². The molecule has 5 heteroatoms. The van der Waals surface area contributed by atoms with Crippen LogP contribution in [0.15, 0.2) is 24.3 Å². The molecule has 1 saturated heterocycles. The highest BCUT2D eigenvalue weighted by atomic mass is 16.5. The Balaban J connectivity index is 1.29. The van der Waals surface area contributed by atoms with E-state index in [9.17, 15) is 14.4 Å². The highest BCUT2D eigenvalue weighted by Crippen LogP contribution is 2.56. The number of hydrogen-bond donors (Lipinski definition) is 0. The highest BCUT2D eigenvalue weighted by Gasteiger charge is 2.61. The molecule has 1 aromatic carbocycles. The first-order valence-corrected chi connectivity index (χ1v) is 12.0. The Morgan fingerprint density at radius 2 is 1.55 bits per heavy atom. The lowest BCUT2D eigenvalue weighted by Gasteiger charge is -2.36. The number of carbonyl (C=O) groups is 3. The summed E-state index contributed by atoms with van der Waals surface area (Å²) in [5, 5.41) is 0. The third kappa shape index (κ3) is 3.41. The summed E-state index contributed by atoms with van der Waals surface area (Å²) in [5.74, 6) is 1.53. The van der Waals surface area contributed by atoms with Gasteiger partial charge in [0.2, 0.25) is 11.8 Å². The standard InChI is InChI=1S/C26H33NO4/c1-14(2)20-11-4-15(3)12-21(20)31-26(30)16-7-9-19(10-8-16)27-24(28)22-17-5-6-18(13-17)23(22)25(27)29/h7-10,14-15,17-18,20-23H,4-6,11-13H2,1-3H3/t15-,17+,18+,20-,21-,22+,23+/m1/s1. The Morgan fingerprint density at radius 1 is 0.935 bits per heavy atom. The second kappa shape index (κ2) is 7.75. The number of anilines is 1. The molecule has 4 aliphatic rings. The quantitative estimate of drug-likeness (QED) is 0.513. The number of fused-ring (bicyclic) bond motifs is 5. The topological polar surface area (TPSA) is 63.7 Å². The van der Waals surface area contributed by atoms with Crippen molar-refractivity contribution in [1.29, 1.82) is 0 Å². The second-order valence-corrected chi connectivity index (χ2v) is 10.7. The Hall–Kier alpha value is -2.17. The Kier molecular flexibility index (Phi) is 5.18. The maximum absolute atomic E-state index is 13.0. The van der Waals surface area contributed by atoms with Gasteiger partial charge in [-0.1, -0.05) is 27.2 Å². The maximum atomic E-state index is 13.0. The van der Waals surface area contributed by atoms with Gasteiger partial charge in [-0.3, -0.25) is 14.5 Å². The van der Waals surface area contributed by atoms with Gasteiger partial charge in [0.15, 0.2) is 0 Å². The smallest absolute Gasteiger partial charge is 0.338 e. The molecule has 0 aromatic heterocycles. The van der Waals surface area contributed by atoms with Gasteiger partial charge in [-0.05, 0) is 86.0 Å². The van der Waals surface area contributed by atoms with Crippen molar-refractivity contribution in [3.8, 4) is 0 Å². The first kappa shape index (κ1) is 20.7. The fourth-order valence-corrected chi connectivity index (χ4v) is 6.87. The van der Waals surface area contributed by atoms with Crippen LogP contribution in [0.25, 0.3) is 0 Å². The van der Waals surface area contributed by atoms with E-state index >= 15 is 0 Å². The van der Waals surface area contributed by atoms with Crippen LogP contribution in [0.1, 0.15) is 69.7 Å². The molecule has 7 atom stereocenters. The number of ether oxygens (including phenoxy) is 1. The minimum atomic E-state index is -0.315. The number of rotatable bonds is 4. The van der Waals surface area contributed by atoms with Crippen LogP contribution in [0.5, 0.6) is 0 Å². The molecule has 166 valence electrons. The lowest BCUT2D eigenvalue weighted by Crippen LogP contribution is -2.36. The molecular formula is C26H33NO4. The SMILES string of the molecule is CC(C)[C@H]1CC[C@@H](C)C[C@H]1OC(=O)c1ccc(N2C(=O)[C@H]3[C@H]4CC[C@@H](C4)[C@@H]3C2=O)cc1. The molecule has 3 saturated carbocycles. The van der Waals surface area contributed by atoms with E-state index in [1.165, 1.54) is 11.3 Å². The lowest BCUT2D eigenvalue weighted by atomic mass is 9.75. The summed E-state index contributed by atoms with van der Waals surface area (Å²) in [6, 6.07) is 6.83. The molecule has 5 rings (SSSR count). The number of amides is 2. The van der Waals surface area contributed by atoms with Crippen LogP contribution in [0.3, 0.4) is 0 Å². The van der Waals surface area contributed by atoms with Crippen LogP contribution >= 0.6 is 0 Å². The zero-order valence-corrected chi connectivity index (χ0v) is 18.8. The number of esters is 1. The Bertz CT molecular complexity index is 863. The van der Waals surface area contributed by atoms with Gasteiger partial charge in [-0.15, -0.1) is 0 Å². The Labute approximate surface area is 184 Å². The van der Waals surface area contributed by atoms with E-state index in [-0.39, 0.29) is 35.7 Å². The molecule has 2 bridgehead atoms. The van der Waals surface area contributed by atoms with Gasteiger partial charge in [-0.2, -0.15) is 0 Å². The zero-order chi connectivity index (χ0) is 21.9. The minimum absolute atomic E-state index is 0.0477. The van der Waals surface area contributed by atoms with Gasteiger partial charge in [0.25, 0.3) is 0 Å². The van der Waals surface area contributed by atoms with Crippen LogP contribution in [-0.4, -0.2) is 23.9 Å². The van der Waals surface area contributed by atoms with Gasteiger partial charge in [0.1, 0.15) is 6.10 Å². The number of nitrogens with zero attached hydrogens (tertiary/aromatic N) is 1. The molecule has 5 nitrogen and oxygen atoms in total. The fourth-order valence-electron chi connectivity index (χ4n) is 6.87. The number of benzene rings is 1. The van der Waals surface area contributed by atoms with Gasteiger partial charge >= 0.3 is 5.97 Å². The van der Waals surface area contributed by atoms with E-state index in [0.717, 1.165) is 32.1 Å². The van der Waals surface area contributed by atoms with Gasteiger partial charge in [0, 0.05) is 0 Å². The first-order chi connectivity index (χ1) is 14.8. The van der Waals surface area contributed by atoms with Crippen molar-refractivity contribution >= 4 is 23.5 Å². The van der Waals surface area contributed by atoms with Crippen LogP contribution in [0.2, 0.25) is 0 Å². The normalized spacial score (nSPS) is 36.9. The monoisotopic (exact) mass is 423 g/mol. The molecule has 1 aromatic rings. The van der Waals surface area contributed by atoms with E-state index in [1.807, 2.05) is 0 Å². The molecule has 2 amide bonds. The largest absolute Gasteiger partial charge is 0.458 e. The molecule has 3 aliphatic carbocycles. The highest BCUT2D eigenvalue weighted by molar-refractivity contribution is 6.22. The van der Waals surface area contributed by atoms with Crippen molar-refractivity contribution in [3.05, 3.63) is 29.8 Å². The van der Waals surface area contributed by atoms with Crippen LogP contribution < -0.4 is 4.90 Å². The molecule has 1 aliphatic heterocycles. The van der Waals surface area contributed by atoms with Crippen molar-refractivity contribution in [1.82, 2.24) is 0 Å². The maximum Gasteiger partial charge on any atom is 0.338 e. The molecular weight excluding hydrogens is 390 g/mol. The predicted molar refractivity (Wildman–Crippen MR) is 117 cm³/mol. The third-order valence-electron chi connectivity index (χ3n) is 8.51. The Morgan fingerprint density at radius 3 is 2.13 bits per heavy atom. The van der Waals surface area contributed by atoms with E-state index in [1.54, 1.807) is 24.3 Å². The summed E-state index contributed by atoms with van der Waals surface area (Å²) in [7, 11) is 0. The molecule has 1 heterocycles. The molecule has 31 heavy (non-hydrogen) atoms. The van der Waals surface area contributed by atoms with Crippen LogP contribution in [0.4, 0.5) is 5.69 Å². The average molecular weight is 424 g/mol. The summed E-state index contributed by atoms with van der Waals surface area (Å²) in [6.45, 7) is 6.61. The average Bonchev–Trinajstić information content (AvgIpc) is 3.42. The van der Waals surface area contributed by atoms with Crippen molar-refractivity contribution in [2.75, 3.05) is 4.90 Å². The van der Waals surface area contributed by atoms with Gasteiger partial charge in [0.05, 0.1) is 23.1 Å². The van der Waals surface area contributed by atoms with E-state index < -0.39 is 0 Å². The summed E-state index contributed by atoms with van der Waals surface area (Å²) in [5.41, 5.74) is 1.05. The lowest BCUT2D eigenvalue weighted by molar-refractivity contribution is -0.123.